The normalized spacial score (nSPS) is 13.0. The van der Waals surface area contributed by atoms with Crippen molar-refractivity contribution in [2.75, 3.05) is 0 Å². The average Bonchev–Trinajstić information content (AvgIpc) is 2.80. The first-order valence-corrected chi connectivity index (χ1v) is 11.9. The van der Waals surface area contributed by atoms with Crippen molar-refractivity contribution in [1.29, 1.82) is 0 Å². The smallest absolute Gasteiger partial charge is 0.352 e. The number of nitrogens with zero attached hydrogens (tertiary/aromatic N) is 1. The molecule has 0 fully saturated rings. The molecule has 8 heteroatoms. The van der Waals surface area contributed by atoms with Gasteiger partial charge in [-0.25, -0.2) is 4.79 Å². The third-order valence-corrected chi connectivity index (χ3v) is 6.26. The Labute approximate surface area is 209 Å². The molecule has 3 rings (SSSR count). The number of hydrogen-bond acceptors (Lipinski definition) is 5. The largest absolute Gasteiger partial charge is 0.508 e. The number of hydrogen-bond donors (Lipinski definition) is 2. The van der Waals surface area contributed by atoms with E-state index in [9.17, 15) is 15.0 Å². The molecule has 0 saturated carbocycles. The standard InChI is InChI=1S/C25H23Br2NO5/c1-3-15(2)19-13-18(9-10-22(19)29)32-24-20(26)11-16(12-21(24)27)14-28-33-23(25(30)31)17-7-5-4-6-8-17/h4-15,23,29H,3H2,1-2H3,(H,30,31). The van der Waals surface area contributed by atoms with Crippen LogP contribution in [-0.4, -0.2) is 22.4 Å². The van der Waals surface area contributed by atoms with E-state index in [1.54, 1.807) is 54.6 Å². The number of carboxylic acids is 1. The first kappa shape index (κ1) is 24.8. The highest BCUT2D eigenvalue weighted by atomic mass is 79.9. The van der Waals surface area contributed by atoms with Crippen molar-refractivity contribution in [2.45, 2.75) is 32.3 Å². The zero-order valence-electron chi connectivity index (χ0n) is 18.0. The number of benzene rings is 3. The molecule has 6 nitrogen and oxygen atoms in total. The average molecular weight is 577 g/mol. The van der Waals surface area contributed by atoms with E-state index in [0.29, 0.717) is 31.6 Å². The number of rotatable bonds is 9. The predicted molar refractivity (Wildman–Crippen MR) is 134 cm³/mol. The summed E-state index contributed by atoms with van der Waals surface area (Å²) in [6.45, 7) is 4.11. The Morgan fingerprint density at radius 3 is 2.36 bits per heavy atom. The number of carbonyl (C=O) groups is 1. The van der Waals surface area contributed by atoms with E-state index in [0.717, 1.165) is 12.0 Å². The zero-order chi connectivity index (χ0) is 24.0. The van der Waals surface area contributed by atoms with Crippen LogP contribution in [0.3, 0.4) is 0 Å². The van der Waals surface area contributed by atoms with Crippen molar-refractivity contribution >= 4 is 44.0 Å². The van der Waals surface area contributed by atoms with Gasteiger partial charge in [0.25, 0.3) is 0 Å². The predicted octanol–water partition coefficient (Wildman–Crippen LogP) is 7.40. The van der Waals surface area contributed by atoms with Crippen LogP contribution >= 0.6 is 31.9 Å². The minimum atomic E-state index is -1.20. The maximum absolute atomic E-state index is 11.5. The molecule has 2 atom stereocenters. The minimum Gasteiger partial charge on any atom is -0.508 e. The van der Waals surface area contributed by atoms with Gasteiger partial charge in [0.2, 0.25) is 6.10 Å². The van der Waals surface area contributed by atoms with Crippen molar-refractivity contribution < 1.29 is 24.6 Å². The second-order valence-corrected chi connectivity index (χ2v) is 9.12. The number of carboxylic acid groups (broad SMARTS) is 1. The van der Waals surface area contributed by atoms with Crippen LogP contribution in [0, 0.1) is 0 Å². The van der Waals surface area contributed by atoms with Crippen LogP contribution in [0.4, 0.5) is 0 Å². The van der Waals surface area contributed by atoms with Crippen molar-refractivity contribution in [3.63, 3.8) is 0 Å². The maximum atomic E-state index is 11.5. The summed E-state index contributed by atoms with van der Waals surface area (Å²) in [5.41, 5.74) is 2.00. The SMILES string of the molecule is CCC(C)c1cc(Oc2c(Br)cc(C=NOC(C(=O)O)c3ccccc3)cc2Br)ccc1O. The lowest BCUT2D eigenvalue weighted by Crippen LogP contribution is -2.13. The molecule has 0 aliphatic carbocycles. The third-order valence-electron chi connectivity index (χ3n) is 5.08. The molecule has 172 valence electrons. The molecule has 0 spiro atoms. The fraction of sp³-hybridized carbons (Fsp3) is 0.200. The Hall–Kier alpha value is -2.84. The highest BCUT2D eigenvalue weighted by molar-refractivity contribution is 9.11. The fourth-order valence-electron chi connectivity index (χ4n) is 3.11. The van der Waals surface area contributed by atoms with Crippen molar-refractivity contribution in [1.82, 2.24) is 0 Å². The van der Waals surface area contributed by atoms with Gasteiger partial charge in [-0.05, 0) is 80.1 Å². The summed E-state index contributed by atoms with van der Waals surface area (Å²) in [6.07, 6.45) is 1.12. The molecule has 0 aromatic heterocycles. The fourth-order valence-corrected chi connectivity index (χ4v) is 4.49. The van der Waals surface area contributed by atoms with Crippen LogP contribution in [0.5, 0.6) is 17.2 Å². The van der Waals surface area contributed by atoms with Gasteiger partial charge in [0.15, 0.2) is 5.75 Å². The highest BCUT2D eigenvalue weighted by Crippen LogP contribution is 2.39. The van der Waals surface area contributed by atoms with Crippen LogP contribution in [0.25, 0.3) is 0 Å². The van der Waals surface area contributed by atoms with Gasteiger partial charge in [-0.15, -0.1) is 0 Å². The molecule has 0 saturated heterocycles. The van der Waals surface area contributed by atoms with Crippen molar-refractivity contribution in [3.8, 4) is 17.2 Å². The Morgan fingerprint density at radius 2 is 1.76 bits per heavy atom. The van der Waals surface area contributed by atoms with Gasteiger partial charge in [0, 0.05) is 11.1 Å². The zero-order valence-corrected chi connectivity index (χ0v) is 21.2. The Kier molecular flexibility index (Phi) is 8.52. The second-order valence-electron chi connectivity index (χ2n) is 7.41. The molecular formula is C25H23Br2NO5. The number of ether oxygens (including phenoxy) is 1. The minimum absolute atomic E-state index is 0.199. The van der Waals surface area contributed by atoms with Gasteiger partial charge in [0.05, 0.1) is 15.2 Å². The Balaban J connectivity index is 1.77. The van der Waals surface area contributed by atoms with Gasteiger partial charge in [-0.2, -0.15) is 0 Å². The topological polar surface area (TPSA) is 88.4 Å². The molecule has 3 aromatic carbocycles. The summed E-state index contributed by atoms with van der Waals surface area (Å²) >= 11 is 7.02. The van der Waals surface area contributed by atoms with Crippen molar-refractivity contribution in [2.24, 2.45) is 5.16 Å². The molecule has 2 N–H and O–H groups in total. The van der Waals surface area contributed by atoms with E-state index >= 15 is 0 Å². The molecule has 0 amide bonds. The highest BCUT2D eigenvalue weighted by Gasteiger charge is 2.21. The summed E-state index contributed by atoms with van der Waals surface area (Å²) in [5, 5.41) is 23.4. The molecule has 0 heterocycles. The third kappa shape index (κ3) is 6.36. The van der Waals surface area contributed by atoms with E-state index in [1.165, 1.54) is 6.21 Å². The van der Waals surface area contributed by atoms with E-state index in [2.05, 4.69) is 43.9 Å². The summed E-state index contributed by atoms with van der Waals surface area (Å²) in [6, 6.07) is 17.3. The van der Waals surface area contributed by atoms with Gasteiger partial charge in [-0.1, -0.05) is 49.3 Å². The summed E-state index contributed by atoms with van der Waals surface area (Å²) in [7, 11) is 0. The quantitative estimate of drug-likeness (QED) is 0.205. The molecule has 3 aromatic rings. The van der Waals surface area contributed by atoms with Gasteiger partial charge >= 0.3 is 5.97 Å². The first-order valence-electron chi connectivity index (χ1n) is 10.3. The van der Waals surface area contributed by atoms with Crippen LogP contribution in [0.1, 0.15) is 49.0 Å². The van der Waals surface area contributed by atoms with E-state index < -0.39 is 12.1 Å². The molecule has 0 radical (unpaired) electrons. The van der Waals surface area contributed by atoms with Gasteiger partial charge in [0.1, 0.15) is 11.5 Å². The molecule has 2 unspecified atom stereocenters. The number of phenolic OH excluding ortho intramolecular Hbond substituents is 1. The number of oxime groups is 1. The number of halogens is 2. The molecule has 0 bridgehead atoms. The number of aromatic hydroxyl groups is 1. The molecular weight excluding hydrogens is 554 g/mol. The van der Waals surface area contributed by atoms with Crippen LogP contribution in [0.15, 0.2) is 74.8 Å². The maximum Gasteiger partial charge on any atom is 0.352 e. The number of aliphatic carboxylic acids is 1. The molecule has 0 aliphatic rings. The van der Waals surface area contributed by atoms with Gasteiger partial charge in [-0.3, -0.25) is 0 Å². The number of phenols is 1. The second kappa shape index (κ2) is 11.3. The molecule has 33 heavy (non-hydrogen) atoms. The van der Waals surface area contributed by atoms with Crippen LogP contribution in [0.2, 0.25) is 0 Å². The summed E-state index contributed by atoms with van der Waals surface area (Å²) in [5.74, 6) is 0.471. The summed E-state index contributed by atoms with van der Waals surface area (Å²) in [4.78, 5) is 16.8. The van der Waals surface area contributed by atoms with Crippen LogP contribution < -0.4 is 4.74 Å². The van der Waals surface area contributed by atoms with E-state index in [-0.39, 0.29) is 11.7 Å². The Morgan fingerprint density at radius 1 is 1.09 bits per heavy atom. The lowest BCUT2D eigenvalue weighted by molar-refractivity contribution is -0.150. The van der Waals surface area contributed by atoms with Gasteiger partial charge < -0.3 is 19.8 Å². The van der Waals surface area contributed by atoms with E-state index in [1.807, 2.05) is 13.0 Å². The molecule has 0 aliphatic heterocycles. The Bertz CT molecular complexity index is 1130. The summed E-state index contributed by atoms with van der Waals surface area (Å²) < 4.78 is 7.38. The lowest BCUT2D eigenvalue weighted by Gasteiger charge is -2.15. The van der Waals surface area contributed by atoms with Crippen molar-refractivity contribution in [3.05, 3.63) is 86.3 Å². The first-order chi connectivity index (χ1) is 15.8. The van der Waals surface area contributed by atoms with E-state index in [4.69, 9.17) is 9.57 Å². The van der Waals surface area contributed by atoms with Crippen LogP contribution in [-0.2, 0) is 9.63 Å². The monoisotopic (exact) mass is 575 g/mol. The lowest BCUT2D eigenvalue weighted by atomic mass is 9.97.